The van der Waals surface area contributed by atoms with Crippen LogP contribution >= 0.6 is 0 Å². The van der Waals surface area contributed by atoms with E-state index in [4.69, 9.17) is 0 Å². The van der Waals surface area contributed by atoms with Crippen LogP contribution < -0.4 is 4.90 Å². The summed E-state index contributed by atoms with van der Waals surface area (Å²) < 4.78 is 1.61. The highest BCUT2D eigenvalue weighted by Crippen LogP contribution is 2.35. The lowest BCUT2D eigenvalue weighted by Gasteiger charge is -2.38. The van der Waals surface area contributed by atoms with Crippen molar-refractivity contribution in [1.29, 1.82) is 0 Å². The van der Waals surface area contributed by atoms with Crippen LogP contribution in [0, 0.1) is 16.0 Å². The summed E-state index contributed by atoms with van der Waals surface area (Å²) in [6, 6.07) is 4.97. The third kappa shape index (κ3) is 3.26. The maximum atomic E-state index is 12.6. The monoisotopic (exact) mass is 342 g/mol. The summed E-state index contributed by atoms with van der Waals surface area (Å²) in [7, 11) is 1.72. The van der Waals surface area contributed by atoms with Crippen LogP contribution in [-0.4, -0.2) is 32.8 Å². The van der Waals surface area contributed by atoms with Crippen molar-refractivity contribution >= 4 is 17.2 Å². The van der Waals surface area contributed by atoms with Crippen LogP contribution in [-0.2, 0) is 7.05 Å². The molecule has 0 aliphatic carbocycles. The van der Waals surface area contributed by atoms with Gasteiger partial charge in [-0.3, -0.25) is 14.9 Å². The summed E-state index contributed by atoms with van der Waals surface area (Å²) in [6.07, 6.45) is 5.34. The largest absolute Gasteiger partial charge is 0.363 e. The van der Waals surface area contributed by atoms with E-state index in [0.717, 1.165) is 19.4 Å². The van der Waals surface area contributed by atoms with Gasteiger partial charge in [0.2, 0.25) is 5.78 Å². The second kappa shape index (κ2) is 6.66. The number of hydrogen-bond acceptors (Lipinski definition) is 5. The Balaban J connectivity index is 2.00. The third-order valence-electron chi connectivity index (χ3n) is 4.89. The highest BCUT2D eigenvalue weighted by Gasteiger charge is 2.29. The van der Waals surface area contributed by atoms with Gasteiger partial charge in [-0.25, -0.2) is 4.98 Å². The minimum Gasteiger partial charge on any atom is -0.363 e. The number of hydrogen-bond donors (Lipinski definition) is 0. The Morgan fingerprint density at radius 3 is 2.72 bits per heavy atom. The number of nitrogens with zero attached hydrogens (tertiary/aromatic N) is 4. The highest BCUT2D eigenvalue weighted by atomic mass is 16.6. The molecule has 0 N–H and O–H groups in total. The van der Waals surface area contributed by atoms with Crippen molar-refractivity contribution < 1.29 is 9.72 Å². The van der Waals surface area contributed by atoms with Crippen molar-refractivity contribution in [3.63, 3.8) is 0 Å². The van der Waals surface area contributed by atoms with Gasteiger partial charge in [0.15, 0.2) is 5.82 Å². The third-order valence-corrected chi connectivity index (χ3v) is 4.89. The molecule has 25 heavy (non-hydrogen) atoms. The molecule has 7 heteroatoms. The van der Waals surface area contributed by atoms with Crippen LogP contribution in [0.3, 0.4) is 0 Å². The lowest BCUT2D eigenvalue weighted by Crippen LogP contribution is -2.41. The average Bonchev–Trinajstić information content (AvgIpc) is 3.02. The quantitative estimate of drug-likeness (QED) is 0.484. The normalized spacial score (nSPS) is 20.5. The van der Waals surface area contributed by atoms with Crippen molar-refractivity contribution in [2.24, 2.45) is 13.0 Å². The number of piperidine rings is 1. The van der Waals surface area contributed by atoms with E-state index in [0.29, 0.717) is 11.6 Å². The molecular formula is C18H22N4O3. The number of rotatable bonds is 4. The molecule has 2 heterocycles. The maximum Gasteiger partial charge on any atom is 0.293 e. The highest BCUT2D eigenvalue weighted by molar-refractivity contribution is 6.07. The van der Waals surface area contributed by atoms with Gasteiger partial charge in [0, 0.05) is 43.7 Å². The number of benzene rings is 1. The molecule has 3 rings (SSSR count). The molecule has 2 aromatic rings. The Bertz CT molecular complexity index is 814. The topological polar surface area (TPSA) is 81.3 Å². The number of nitro benzene ring substituents is 1. The fourth-order valence-electron chi connectivity index (χ4n) is 3.39. The second-order valence-electron chi connectivity index (χ2n) is 6.84. The minimum atomic E-state index is -0.406. The molecule has 0 amide bonds. The van der Waals surface area contributed by atoms with E-state index in [-0.39, 0.29) is 28.9 Å². The molecule has 1 saturated heterocycles. The van der Waals surface area contributed by atoms with Crippen LogP contribution in [0.25, 0.3) is 0 Å². The Hall–Kier alpha value is -2.70. The van der Waals surface area contributed by atoms with Gasteiger partial charge in [-0.2, -0.15) is 0 Å². The first-order chi connectivity index (χ1) is 11.9. The molecule has 1 aromatic heterocycles. The number of anilines is 1. The Kier molecular flexibility index (Phi) is 4.57. The second-order valence-corrected chi connectivity index (χ2v) is 6.84. The number of aromatic nitrogens is 2. The molecule has 1 fully saturated rings. The number of carbonyl (C=O) groups excluding carboxylic acids is 1. The van der Waals surface area contributed by atoms with Crippen molar-refractivity contribution in [3.05, 3.63) is 52.1 Å². The van der Waals surface area contributed by atoms with Crippen LogP contribution in [0.2, 0.25) is 0 Å². The molecular weight excluding hydrogens is 320 g/mol. The molecule has 0 saturated carbocycles. The number of aryl methyl sites for hydroxylation is 1. The first kappa shape index (κ1) is 17.1. The lowest BCUT2D eigenvalue weighted by atomic mass is 9.94. The molecule has 2 atom stereocenters. The summed E-state index contributed by atoms with van der Waals surface area (Å²) >= 11 is 0. The molecule has 1 aliphatic heterocycles. The van der Waals surface area contributed by atoms with Gasteiger partial charge in [0.1, 0.15) is 5.69 Å². The van der Waals surface area contributed by atoms with E-state index < -0.39 is 4.92 Å². The summed E-state index contributed by atoms with van der Waals surface area (Å²) in [5.74, 6) is 0.439. The van der Waals surface area contributed by atoms with Crippen molar-refractivity contribution in [1.82, 2.24) is 9.55 Å². The number of nitro groups is 1. The van der Waals surface area contributed by atoms with Gasteiger partial charge in [-0.1, -0.05) is 6.92 Å². The minimum absolute atomic E-state index is 0.0268. The van der Waals surface area contributed by atoms with E-state index in [1.807, 2.05) is 0 Å². The standard InChI is InChI=1S/C18H22N4O3/c1-12-4-5-13(2)21(11-12)15-7-6-14(10-16(15)22(24)25)17(23)18-19-8-9-20(18)3/h6-10,12-13H,4-5,11H2,1-3H3. The van der Waals surface area contributed by atoms with Crippen molar-refractivity contribution in [3.8, 4) is 0 Å². The van der Waals surface area contributed by atoms with Crippen LogP contribution in [0.5, 0.6) is 0 Å². The molecule has 7 nitrogen and oxygen atoms in total. The van der Waals surface area contributed by atoms with Gasteiger partial charge < -0.3 is 9.47 Å². The van der Waals surface area contributed by atoms with Crippen LogP contribution in [0.15, 0.2) is 30.6 Å². The zero-order chi connectivity index (χ0) is 18.1. The van der Waals surface area contributed by atoms with Crippen molar-refractivity contribution in [2.75, 3.05) is 11.4 Å². The predicted molar refractivity (Wildman–Crippen MR) is 94.9 cm³/mol. The zero-order valence-electron chi connectivity index (χ0n) is 14.7. The zero-order valence-corrected chi connectivity index (χ0v) is 14.7. The Morgan fingerprint density at radius 1 is 1.32 bits per heavy atom. The van der Waals surface area contributed by atoms with Gasteiger partial charge in [-0.15, -0.1) is 0 Å². The van der Waals surface area contributed by atoms with E-state index in [2.05, 4.69) is 23.7 Å². The fraction of sp³-hybridized carbons (Fsp3) is 0.444. The van der Waals surface area contributed by atoms with Gasteiger partial charge in [-0.05, 0) is 37.8 Å². The first-order valence-corrected chi connectivity index (χ1v) is 8.45. The summed E-state index contributed by atoms with van der Waals surface area (Å²) in [6.45, 7) is 5.03. The number of ketones is 1. The Morgan fingerprint density at radius 2 is 2.08 bits per heavy atom. The first-order valence-electron chi connectivity index (χ1n) is 8.45. The lowest BCUT2D eigenvalue weighted by molar-refractivity contribution is -0.384. The van der Waals surface area contributed by atoms with Crippen LogP contribution in [0.1, 0.15) is 42.9 Å². The SMILES string of the molecule is CC1CCC(C)N(c2ccc(C(=O)c3nccn3C)cc2[N+](=O)[O-])C1. The molecule has 1 aliphatic rings. The van der Waals surface area contributed by atoms with Gasteiger partial charge in [0.25, 0.3) is 5.69 Å². The van der Waals surface area contributed by atoms with Gasteiger partial charge >= 0.3 is 0 Å². The molecule has 0 bridgehead atoms. The van der Waals surface area contributed by atoms with E-state index in [1.54, 1.807) is 29.9 Å². The molecule has 0 radical (unpaired) electrons. The molecule has 1 aromatic carbocycles. The van der Waals surface area contributed by atoms with E-state index >= 15 is 0 Å². The smallest absolute Gasteiger partial charge is 0.293 e. The summed E-state index contributed by atoms with van der Waals surface area (Å²) in [5.41, 5.74) is 0.837. The maximum absolute atomic E-state index is 12.6. The Labute approximate surface area is 146 Å². The van der Waals surface area contributed by atoms with Crippen molar-refractivity contribution in [2.45, 2.75) is 32.7 Å². The predicted octanol–water partition coefficient (Wildman–Crippen LogP) is 3.18. The van der Waals surface area contributed by atoms with Crippen LogP contribution in [0.4, 0.5) is 11.4 Å². The summed E-state index contributed by atoms with van der Waals surface area (Å²) in [4.78, 5) is 29.9. The fourth-order valence-corrected chi connectivity index (χ4v) is 3.39. The van der Waals surface area contributed by atoms with E-state index in [9.17, 15) is 14.9 Å². The average molecular weight is 342 g/mol. The molecule has 2 unspecified atom stereocenters. The number of imidazole rings is 1. The van der Waals surface area contributed by atoms with Gasteiger partial charge in [0.05, 0.1) is 4.92 Å². The summed E-state index contributed by atoms with van der Waals surface area (Å²) in [5, 5.41) is 11.6. The molecule has 132 valence electrons. The molecule has 0 spiro atoms. The van der Waals surface area contributed by atoms with E-state index in [1.165, 1.54) is 12.3 Å². The number of carbonyl (C=O) groups is 1.